The zero-order chi connectivity index (χ0) is 23.5. The molecule has 0 aliphatic carbocycles. The Labute approximate surface area is 206 Å². The summed E-state index contributed by atoms with van der Waals surface area (Å²) in [4.78, 5) is 19.8. The number of nitrogens with two attached hydrogens (primary N) is 1. The molecule has 2 aromatic heterocycles. The minimum absolute atomic E-state index is 0.519. The number of aromatic nitrogens is 3. The van der Waals surface area contributed by atoms with Crippen LogP contribution in [0.5, 0.6) is 0 Å². The number of hydrogen-bond acceptors (Lipinski definition) is 6. The number of halogens is 1. The maximum Gasteiger partial charge on any atom is 0.147 e. The third kappa shape index (κ3) is 5.06. The number of nitrogen functional groups attached to an aromatic ring is 1. The first-order valence-corrected chi connectivity index (χ1v) is 12.7. The van der Waals surface area contributed by atoms with Crippen molar-refractivity contribution >= 4 is 23.1 Å². The molecule has 5 rings (SSSR count). The molecule has 2 aliphatic rings. The van der Waals surface area contributed by atoms with Crippen molar-refractivity contribution in [1.82, 2.24) is 24.8 Å². The first-order chi connectivity index (χ1) is 16.6. The predicted octanol–water partition coefficient (Wildman–Crippen LogP) is 4.27. The van der Waals surface area contributed by atoms with Crippen LogP contribution in [-0.4, -0.2) is 69.6 Å². The van der Waals surface area contributed by atoms with Crippen LogP contribution >= 0.6 is 11.6 Å². The highest BCUT2D eigenvalue weighted by atomic mass is 35.5. The third-order valence-electron chi connectivity index (χ3n) is 7.30. The van der Waals surface area contributed by atoms with E-state index in [2.05, 4.69) is 43.7 Å². The number of benzene rings is 1. The molecule has 180 valence electrons. The van der Waals surface area contributed by atoms with Gasteiger partial charge in [-0.05, 0) is 56.1 Å². The first-order valence-electron chi connectivity index (χ1n) is 12.3. The number of H-pyrrole nitrogens is 1. The summed E-state index contributed by atoms with van der Waals surface area (Å²) in [6, 6.07) is 11.4. The molecule has 34 heavy (non-hydrogen) atoms. The topological polar surface area (TPSA) is 77.3 Å². The largest absolute Gasteiger partial charge is 0.399 e. The number of nitrogens with zero attached hydrogens (tertiary/aromatic N) is 5. The SMILES string of the molecule is CC[C@H]1CN(c2ncc(-c3ncc[nH]3)cc2Cl)CCN1C1CCN(Cc2ccc(N)cc2)CC1. The molecule has 0 spiro atoms. The normalized spacial score (nSPS) is 20.6. The molecule has 3 N–H and O–H groups in total. The van der Waals surface area contributed by atoms with Crippen molar-refractivity contribution in [2.75, 3.05) is 43.4 Å². The molecule has 0 unspecified atom stereocenters. The van der Waals surface area contributed by atoms with Crippen LogP contribution in [0.3, 0.4) is 0 Å². The van der Waals surface area contributed by atoms with Gasteiger partial charge in [-0.1, -0.05) is 30.7 Å². The Morgan fingerprint density at radius 3 is 2.56 bits per heavy atom. The van der Waals surface area contributed by atoms with Crippen molar-refractivity contribution in [1.29, 1.82) is 0 Å². The van der Waals surface area contributed by atoms with Crippen molar-refractivity contribution in [3.05, 3.63) is 59.5 Å². The van der Waals surface area contributed by atoms with Crippen molar-refractivity contribution < 1.29 is 0 Å². The Bertz CT molecular complexity index is 1060. The van der Waals surface area contributed by atoms with Crippen LogP contribution in [0.4, 0.5) is 11.5 Å². The number of aromatic amines is 1. The highest BCUT2D eigenvalue weighted by Gasteiger charge is 2.34. The van der Waals surface area contributed by atoms with Gasteiger partial charge in [-0.3, -0.25) is 9.80 Å². The number of piperazine rings is 1. The molecule has 0 saturated carbocycles. The molecule has 2 saturated heterocycles. The fourth-order valence-electron chi connectivity index (χ4n) is 5.41. The molecule has 4 heterocycles. The zero-order valence-corrected chi connectivity index (χ0v) is 20.6. The molecular weight excluding hydrogens is 446 g/mol. The minimum Gasteiger partial charge on any atom is -0.399 e. The molecule has 3 aromatic rings. The van der Waals surface area contributed by atoms with Crippen LogP contribution in [0.2, 0.25) is 5.02 Å². The van der Waals surface area contributed by atoms with Crippen LogP contribution in [0, 0.1) is 0 Å². The second kappa shape index (κ2) is 10.3. The van der Waals surface area contributed by atoms with Gasteiger partial charge < -0.3 is 15.6 Å². The van der Waals surface area contributed by atoms with Gasteiger partial charge in [0.05, 0.1) is 5.02 Å². The maximum atomic E-state index is 6.67. The van der Waals surface area contributed by atoms with Gasteiger partial charge in [-0.2, -0.15) is 0 Å². The predicted molar refractivity (Wildman–Crippen MR) is 139 cm³/mol. The number of nitrogens with one attached hydrogen (secondary N) is 1. The van der Waals surface area contributed by atoms with Crippen LogP contribution in [0.1, 0.15) is 31.7 Å². The minimum atomic E-state index is 0.519. The van der Waals surface area contributed by atoms with E-state index in [4.69, 9.17) is 22.3 Å². The molecule has 1 aromatic carbocycles. The summed E-state index contributed by atoms with van der Waals surface area (Å²) in [6.45, 7) is 8.58. The number of anilines is 2. The van der Waals surface area contributed by atoms with Crippen molar-refractivity contribution in [3.8, 4) is 11.4 Å². The monoisotopic (exact) mass is 479 g/mol. The molecule has 8 heteroatoms. The zero-order valence-electron chi connectivity index (χ0n) is 19.8. The summed E-state index contributed by atoms with van der Waals surface area (Å²) in [6.07, 6.45) is 8.99. The second-order valence-electron chi connectivity index (χ2n) is 9.46. The Morgan fingerprint density at radius 1 is 1.09 bits per heavy atom. The molecule has 0 amide bonds. The van der Waals surface area contributed by atoms with Crippen LogP contribution in [0.25, 0.3) is 11.4 Å². The van der Waals surface area contributed by atoms with Gasteiger partial charge in [0.15, 0.2) is 0 Å². The van der Waals surface area contributed by atoms with E-state index in [0.29, 0.717) is 17.1 Å². The summed E-state index contributed by atoms with van der Waals surface area (Å²) in [5.41, 5.74) is 8.92. The summed E-state index contributed by atoms with van der Waals surface area (Å²) in [5, 5.41) is 0.688. The van der Waals surface area contributed by atoms with Gasteiger partial charge in [0, 0.05) is 68.1 Å². The summed E-state index contributed by atoms with van der Waals surface area (Å²) in [5.74, 6) is 1.67. The molecule has 2 aliphatic heterocycles. The van der Waals surface area contributed by atoms with E-state index in [9.17, 15) is 0 Å². The fourth-order valence-corrected chi connectivity index (χ4v) is 5.70. The van der Waals surface area contributed by atoms with E-state index in [0.717, 1.165) is 68.6 Å². The molecule has 1 atom stereocenters. The smallest absolute Gasteiger partial charge is 0.147 e. The van der Waals surface area contributed by atoms with E-state index in [1.54, 1.807) is 6.20 Å². The summed E-state index contributed by atoms with van der Waals surface area (Å²) < 4.78 is 0. The maximum absolute atomic E-state index is 6.67. The molecule has 2 fully saturated rings. The van der Waals surface area contributed by atoms with E-state index < -0.39 is 0 Å². The Morgan fingerprint density at radius 2 is 1.88 bits per heavy atom. The van der Waals surface area contributed by atoms with Gasteiger partial charge in [-0.15, -0.1) is 0 Å². The summed E-state index contributed by atoms with van der Waals surface area (Å²) in [7, 11) is 0. The standard InChI is InChI=1S/C26H34ClN7/c1-2-22-18-33(26-24(27)15-20(16-31-26)25-29-9-10-30-25)13-14-34(22)23-7-11-32(12-8-23)17-19-3-5-21(28)6-4-19/h3-6,9-10,15-16,22-23H,2,7-8,11-14,17-18,28H2,1H3,(H,29,30)/t22-/m0/s1. The Kier molecular flexibility index (Phi) is 7.04. The van der Waals surface area contributed by atoms with Crippen molar-refractivity contribution in [2.45, 2.75) is 44.8 Å². The number of rotatable bonds is 6. The van der Waals surface area contributed by atoms with Crippen molar-refractivity contribution in [3.63, 3.8) is 0 Å². The second-order valence-corrected chi connectivity index (χ2v) is 9.87. The molecule has 0 radical (unpaired) electrons. The van der Waals surface area contributed by atoms with Crippen molar-refractivity contribution in [2.24, 2.45) is 0 Å². The van der Waals surface area contributed by atoms with Gasteiger partial charge in [0.25, 0.3) is 0 Å². The van der Waals surface area contributed by atoms with E-state index in [1.165, 1.54) is 18.4 Å². The lowest BCUT2D eigenvalue weighted by atomic mass is 9.97. The lowest BCUT2D eigenvalue weighted by Crippen LogP contribution is -2.58. The highest BCUT2D eigenvalue weighted by molar-refractivity contribution is 6.33. The molecule has 0 bridgehead atoms. The molecule has 7 nitrogen and oxygen atoms in total. The lowest BCUT2D eigenvalue weighted by molar-refractivity contribution is 0.0610. The van der Waals surface area contributed by atoms with Crippen LogP contribution in [-0.2, 0) is 6.54 Å². The van der Waals surface area contributed by atoms with E-state index >= 15 is 0 Å². The number of hydrogen-bond donors (Lipinski definition) is 2. The molecular formula is C26H34ClN7. The third-order valence-corrected chi connectivity index (χ3v) is 7.58. The Balaban J connectivity index is 1.18. The van der Waals surface area contributed by atoms with Crippen LogP contribution < -0.4 is 10.6 Å². The highest BCUT2D eigenvalue weighted by Crippen LogP contribution is 2.31. The van der Waals surface area contributed by atoms with Gasteiger partial charge >= 0.3 is 0 Å². The summed E-state index contributed by atoms with van der Waals surface area (Å²) >= 11 is 6.67. The number of likely N-dealkylation sites (tertiary alicyclic amines) is 1. The van der Waals surface area contributed by atoms with Crippen LogP contribution in [0.15, 0.2) is 48.9 Å². The van der Waals surface area contributed by atoms with Gasteiger partial charge in [-0.25, -0.2) is 9.97 Å². The fraction of sp³-hybridized carbons (Fsp3) is 0.462. The van der Waals surface area contributed by atoms with E-state index in [1.807, 2.05) is 30.6 Å². The quantitative estimate of drug-likeness (QED) is 0.514. The average molecular weight is 480 g/mol. The number of pyridine rings is 1. The van der Waals surface area contributed by atoms with Gasteiger partial charge in [0.2, 0.25) is 0 Å². The first kappa shape index (κ1) is 23.1. The number of imidazole rings is 1. The average Bonchev–Trinajstić information content (AvgIpc) is 3.41. The van der Waals surface area contributed by atoms with Gasteiger partial charge in [0.1, 0.15) is 11.6 Å². The number of piperidine rings is 1. The lowest BCUT2D eigenvalue weighted by Gasteiger charge is -2.47. The Hall–Kier alpha value is -2.61. The van der Waals surface area contributed by atoms with E-state index in [-0.39, 0.29) is 0 Å².